The second-order valence-corrected chi connectivity index (χ2v) is 9.12. The summed E-state index contributed by atoms with van der Waals surface area (Å²) < 4.78 is 34.5. The third-order valence-corrected chi connectivity index (χ3v) is 5.89. The average molecular weight is 424 g/mol. The van der Waals surface area contributed by atoms with Crippen molar-refractivity contribution < 1.29 is 22.7 Å². The number of methoxy groups -OCH3 is 1. The first-order valence-electron chi connectivity index (χ1n) is 9.49. The first-order chi connectivity index (χ1) is 13.7. The second-order valence-electron chi connectivity index (χ2n) is 7.03. The van der Waals surface area contributed by atoms with Gasteiger partial charge in [0.25, 0.3) is 0 Å². The Hall–Kier alpha value is -2.39. The van der Waals surface area contributed by atoms with Gasteiger partial charge >= 0.3 is 5.97 Å². The number of carbonyl (C=O) groups is 1. The molecule has 29 heavy (non-hydrogen) atoms. The monoisotopic (exact) mass is 423 g/mol. The van der Waals surface area contributed by atoms with E-state index < -0.39 is 16.0 Å². The van der Waals surface area contributed by atoms with Gasteiger partial charge in [-0.25, -0.2) is 22.5 Å². The van der Waals surface area contributed by atoms with Crippen molar-refractivity contribution in [2.75, 3.05) is 40.6 Å². The van der Waals surface area contributed by atoms with Gasteiger partial charge in [0.2, 0.25) is 15.9 Å². The van der Waals surface area contributed by atoms with Gasteiger partial charge in [-0.05, 0) is 31.0 Å². The molecule has 1 aromatic carbocycles. The van der Waals surface area contributed by atoms with E-state index in [1.807, 2.05) is 30.1 Å². The fourth-order valence-corrected chi connectivity index (χ4v) is 3.23. The van der Waals surface area contributed by atoms with Crippen LogP contribution in [0.15, 0.2) is 41.2 Å². The maximum atomic E-state index is 12.1. The van der Waals surface area contributed by atoms with Crippen LogP contribution in [0.2, 0.25) is 0 Å². The van der Waals surface area contributed by atoms with Gasteiger partial charge in [-0.3, -0.25) is 0 Å². The molecule has 0 atom stereocenters. The Morgan fingerprint density at radius 2 is 1.83 bits per heavy atom. The van der Waals surface area contributed by atoms with Crippen molar-refractivity contribution in [1.29, 1.82) is 0 Å². The van der Waals surface area contributed by atoms with Crippen LogP contribution in [-0.4, -0.2) is 70.0 Å². The van der Waals surface area contributed by atoms with Crippen LogP contribution in [0.4, 0.5) is 0 Å². The van der Waals surface area contributed by atoms with E-state index in [1.54, 1.807) is 26.4 Å². The predicted octanol–water partition coefficient (Wildman–Crippen LogP) is 2.22. The molecule has 0 fully saturated rings. The number of ether oxygens (including phenoxy) is 2. The zero-order chi connectivity index (χ0) is 21.4. The van der Waals surface area contributed by atoms with Gasteiger partial charge in [-0.1, -0.05) is 18.9 Å². The number of cyclic esters (lactones) is 1. The van der Waals surface area contributed by atoms with Crippen molar-refractivity contribution in [3.8, 4) is 5.75 Å². The summed E-state index contributed by atoms with van der Waals surface area (Å²) in [6.07, 6.45) is 6.59. The molecular formula is C20H29N3O5S. The van der Waals surface area contributed by atoms with Crippen LogP contribution >= 0.6 is 0 Å². The van der Waals surface area contributed by atoms with Crippen LogP contribution in [-0.2, 0) is 19.6 Å². The van der Waals surface area contributed by atoms with E-state index in [-0.39, 0.29) is 11.6 Å². The Labute approximate surface area is 172 Å². The minimum Gasteiger partial charge on any atom is -0.497 e. The zero-order valence-corrected chi connectivity index (χ0v) is 18.2. The van der Waals surface area contributed by atoms with Crippen molar-refractivity contribution in [1.82, 2.24) is 9.21 Å². The van der Waals surface area contributed by atoms with E-state index in [0.29, 0.717) is 17.9 Å². The Bertz CT molecular complexity index is 880. The van der Waals surface area contributed by atoms with Gasteiger partial charge in [-0.15, -0.1) is 0 Å². The molecule has 2 rings (SSSR count). The van der Waals surface area contributed by atoms with Crippen molar-refractivity contribution in [3.63, 3.8) is 0 Å². The molecule has 1 aliphatic rings. The normalized spacial score (nSPS) is 15.6. The summed E-state index contributed by atoms with van der Waals surface area (Å²) in [6, 6.07) is 7.19. The van der Waals surface area contributed by atoms with Gasteiger partial charge in [0.1, 0.15) is 5.75 Å². The molecule has 8 nitrogen and oxygen atoms in total. The lowest BCUT2D eigenvalue weighted by atomic mass is 10.2. The highest BCUT2D eigenvalue weighted by Gasteiger charge is 2.24. The number of aliphatic imine (C=N–C) groups is 1. The summed E-state index contributed by atoms with van der Waals surface area (Å²) in [7, 11) is 1.95. The topological polar surface area (TPSA) is 88.5 Å². The highest BCUT2D eigenvalue weighted by Crippen LogP contribution is 2.20. The summed E-state index contributed by atoms with van der Waals surface area (Å²) in [5, 5.41) is 0. The molecule has 0 N–H and O–H groups in total. The van der Waals surface area contributed by atoms with Crippen molar-refractivity contribution in [3.05, 3.63) is 41.7 Å². The Balaban J connectivity index is 1.80. The fraction of sp³-hybridized carbons (Fsp3) is 0.500. The minimum atomic E-state index is -3.10. The summed E-state index contributed by atoms with van der Waals surface area (Å²) in [5.74, 6) is 0.459. The van der Waals surface area contributed by atoms with E-state index >= 15 is 0 Å². The molecule has 1 aromatic rings. The fourth-order valence-electron chi connectivity index (χ4n) is 2.77. The van der Waals surface area contributed by atoms with Gasteiger partial charge in [0.05, 0.1) is 13.4 Å². The number of nitrogens with zero attached hydrogens (tertiary/aromatic N) is 3. The van der Waals surface area contributed by atoms with Crippen LogP contribution in [0.1, 0.15) is 31.2 Å². The average Bonchev–Trinajstić information content (AvgIpc) is 3.04. The zero-order valence-electron chi connectivity index (χ0n) is 17.4. The number of hydrogen-bond acceptors (Lipinski definition) is 7. The maximum absolute atomic E-state index is 12.1. The molecule has 1 heterocycles. The molecule has 0 amide bonds. The lowest BCUT2D eigenvalue weighted by Gasteiger charge is -2.15. The van der Waals surface area contributed by atoms with E-state index in [0.717, 1.165) is 32.2 Å². The van der Waals surface area contributed by atoms with Crippen molar-refractivity contribution >= 4 is 21.9 Å². The molecule has 160 valence electrons. The smallest absolute Gasteiger partial charge is 0.365 e. The number of esters is 1. The number of rotatable bonds is 11. The lowest BCUT2D eigenvalue weighted by Crippen LogP contribution is -2.26. The molecular weight excluding hydrogens is 394 g/mol. The van der Waals surface area contributed by atoms with Crippen LogP contribution in [0.25, 0.3) is 0 Å². The Morgan fingerprint density at radius 3 is 2.48 bits per heavy atom. The first kappa shape index (κ1) is 22.9. The summed E-state index contributed by atoms with van der Waals surface area (Å²) in [6.45, 7) is 1.30. The Kier molecular flexibility index (Phi) is 8.21. The van der Waals surface area contributed by atoms with Gasteiger partial charge < -0.3 is 14.4 Å². The third-order valence-electron chi connectivity index (χ3n) is 4.58. The van der Waals surface area contributed by atoms with Crippen molar-refractivity contribution in [2.24, 2.45) is 4.99 Å². The first-order valence-corrected chi connectivity index (χ1v) is 11.3. The second kappa shape index (κ2) is 10.4. The summed E-state index contributed by atoms with van der Waals surface area (Å²) >= 11 is 0. The van der Waals surface area contributed by atoms with Crippen molar-refractivity contribution in [2.45, 2.75) is 25.7 Å². The van der Waals surface area contributed by atoms with E-state index in [4.69, 9.17) is 9.47 Å². The van der Waals surface area contributed by atoms with E-state index in [2.05, 4.69) is 4.99 Å². The number of benzene rings is 1. The van der Waals surface area contributed by atoms with Gasteiger partial charge in [-0.2, -0.15) is 0 Å². The van der Waals surface area contributed by atoms with E-state index in [1.165, 1.54) is 10.6 Å². The minimum absolute atomic E-state index is 0.264. The molecule has 0 saturated carbocycles. The number of unbranched alkanes of at least 4 members (excludes halogenated alkanes) is 3. The van der Waals surface area contributed by atoms with Crippen LogP contribution in [0, 0.1) is 0 Å². The molecule has 0 spiro atoms. The third kappa shape index (κ3) is 7.17. The highest BCUT2D eigenvalue weighted by molar-refractivity contribution is 7.88. The number of hydrogen-bond donors (Lipinski definition) is 0. The lowest BCUT2D eigenvalue weighted by molar-refractivity contribution is -0.130. The summed E-state index contributed by atoms with van der Waals surface area (Å²) in [4.78, 5) is 18.3. The quantitative estimate of drug-likeness (QED) is 0.308. The number of carbonyl (C=O) groups excluding carboxylic acids is 1. The van der Waals surface area contributed by atoms with Gasteiger partial charge in [0.15, 0.2) is 5.70 Å². The van der Waals surface area contributed by atoms with Gasteiger partial charge in [0, 0.05) is 38.9 Å². The maximum Gasteiger partial charge on any atom is 0.365 e. The van der Waals surface area contributed by atoms with Crippen LogP contribution in [0.5, 0.6) is 5.75 Å². The molecule has 9 heteroatoms. The largest absolute Gasteiger partial charge is 0.497 e. The summed E-state index contributed by atoms with van der Waals surface area (Å²) in [5.41, 5.74) is 0.947. The predicted molar refractivity (Wildman–Crippen MR) is 112 cm³/mol. The molecule has 0 bridgehead atoms. The molecule has 0 aliphatic carbocycles. The molecule has 0 aromatic heterocycles. The number of sulfonamides is 1. The van der Waals surface area contributed by atoms with Crippen LogP contribution in [0.3, 0.4) is 0 Å². The molecule has 1 aliphatic heterocycles. The highest BCUT2D eigenvalue weighted by atomic mass is 32.2. The van der Waals surface area contributed by atoms with Crippen LogP contribution < -0.4 is 4.74 Å². The molecule has 0 unspecified atom stereocenters. The molecule has 0 radical (unpaired) electrons. The Morgan fingerprint density at radius 1 is 1.14 bits per heavy atom. The SMILES string of the molecule is COc1cccc(C2=N/C(=C/N(C)CCCCCCN(C)S(C)(=O)=O)C(=O)O2)c1. The standard InChI is InChI=1S/C20H29N3O5S/c1-22(12-7-5-6-8-13-23(2)29(4,25)26)15-18-20(24)28-19(21-18)16-10-9-11-17(14-16)27-3/h9-11,14-15H,5-8,12-13H2,1-4H3/b18-15+. The van der Waals surface area contributed by atoms with E-state index in [9.17, 15) is 13.2 Å². The molecule has 0 saturated heterocycles.